The van der Waals surface area contributed by atoms with Crippen molar-refractivity contribution in [1.29, 1.82) is 0 Å². The summed E-state index contributed by atoms with van der Waals surface area (Å²) >= 11 is 12.1. The SMILES string of the molecule is COc1cc(C)c(S(=O)(=O)N2CCN(c3ccc(Cl)c(Cl)c3)CC2)cc1C. The van der Waals surface area contributed by atoms with E-state index in [0.717, 1.165) is 11.3 Å². The molecule has 0 atom stereocenters. The maximum Gasteiger partial charge on any atom is 0.243 e. The van der Waals surface area contributed by atoms with Gasteiger partial charge in [0.1, 0.15) is 5.75 Å². The van der Waals surface area contributed by atoms with Gasteiger partial charge in [0.15, 0.2) is 0 Å². The molecule has 146 valence electrons. The van der Waals surface area contributed by atoms with Crippen molar-refractivity contribution in [2.24, 2.45) is 0 Å². The minimum Gasteiger partial charge on any atom is -0.496 e. The Kier molecular flexibility index (Phi) is 5.91. The number of hydrogen-bond donors (Lipinski definition) is 0. The smallest absolute Gasteiger partial charge is 0.243 e. The van der Waals surface area contributed by atoms with Crippen LogP contribution in [0.15, 0.2) is 35.2 Å². The zero-order valence-electron chi connectivity index (χ0n) is 15.5. The summed E-state index contributed by atoms with van der Waals surface area (Å²) in [6.45, 7) is 5.64. The number of methoxy groups -OCH3 is 1. The summed E-state index contributed by atoms with van der Waals surface area (Å²) in [5.74, 6) is 0.691. The molecular weight excluding hydrogens is 407 g/mol. The molecule has 2 aromatic carbocycles. The Morgan fingerprint density at radius 3 is 2.19 bits per heavy atom. The Balaban J connectivity index is 1.79. The molecule has 0 amide bonds. The van der Waals surface area contributed by atoms with E-state index in [0.29, 0.717) is 52.4 Å². The van der Waals surface area contributed by atoms with Gasteiger partial charge >= 0.3 is 0 Å². The lowest BCUT2D eigenvalue weighted by molar-refractivity contribution is 0.384. The predicted molar refractivity (Wildman–Crippen MR) is 110 cm³/mol. The molecule has 5 nitrogen and oxygen atoms in total. The van der Waals surface area contributed by atoms with Gasteiger partial charge in [-0.05, 0) is 55.3 Å². The molecule has 0 N–H and O–H groups in total. The molecular formula is C19H22Cl2N2O3S. The van der Waals surface area contributed by atoms with Gasteiger partial charge in [-0.15, -0.1) is 0 Å². The van der Waals surface area contributed by atoms with E-state index < -0.39 is 10.0 Å². The van der Waals surface area contributed by atoms with Gasteiger partial charge in [0.05, 0.1) is 22.1 Å². The van der Waals surface area contributed by atoms with Gasteiger partial charge in [-0.2, -0.15) is 4.31 Å². The van der Waals surface area contributed by atoms with Gasteiger partial charge in [-0.25, -0.2) is 8.42 Å². The summed E-state index contributed by atoms with van der Waals surface area (Å²) in [7, 11) is -1.98. The van der Waals surface area contributed by atoms with Crippen LogP contribution in [0.5, 0.6) is 5.75 Å². The molecule has 0 bridgehead atoms. The summed E-state index contributed by atoms with van der Waals surface area (Å²) in [5, 5.41) is 1.00. The van der Waals surface area contributed by atoms with Gasteiger partial charge < -0.3 is 9.64 Å². The van der Waals surface area contributed by atoms with Crippen molar-refractivity contribution in [3.8, 4) is 5.75 Å². The van der Waals surface area contributed by atoms with Crippen molar-refractivity contribution >= 4 is 38.9 Å². The predicted octanol–water partition coefficient (Wildman–Crippen LogP) is 4.13. The van der Waals surface area contributed by atoms with Gasteiger partial charge in [-0.3, -0.25) is 0 Å². The standard InChI is InChI=1S/C19H22Cl2N2O3S/c1-13-11-19(14(2)10-18(13)26-3)27(24,25)23-8-6-22(7-9-23)15-4-5-16(20)17(21)12-15/h4-5,10-12H,6-9H2,1-3H3. The Labute approximate surface area is 170 Å². The number of nitrogens with zero attached hydrogens (tertiary/aromatic N) is 2. The third kappa shape index (κ3) is 4.04. The first-order chi connectivity index (χ1) is 12.7. The van der Waals surface area contributed by atoms with E-state index in [1.807, 2.05) is 19.1 Å². The van der Waals surface area contributed by atoms with Crippen molar-refractivity contribution in [3.63, 3.8) is 0 Å². The number of anilines is 1. The quantitative estimate of drug-likeness (QED) is 0.734. The molecule has 1 saturated heterocycles. The van der Waals surface area contributed by atoms with E-state index in [1.54, 1.807) is 32.2 Å². The maximum absolute atomic E-state index is 13.1. The van der Waals surface area contributed by atoms with Crippen LogP contribution in [0, 0.1) is 13.8 Å². The average Bonchev–Trinajstić information content (AvgIpc) is 2.65. The van der Waals surface area contributed by atoms with E-state index in [2.05, 4.69) is 4.90 Å². The Morgan fingerprint density at radius 1 is 0.926 bits per heavy atom. The highest BCUT2D eigenvalue weighted by Gasteiger charge is 2.30. The Bertz CT molecular complexity index is 956. The summed E-state index contributed by atoms with van der Waals surface area (Å²) in [6.07, 6.45) is 0. The fraction of sp³-hybridized carbons (Fsp3) is 0.368. The lowest BCUT2D eigenvalue weighted by atomic mass is 10.1. The molecule has 0 aromatic heterocycles. The largest absolute Gasteiger partial charge is 0.496 e. The zero-order chi connectivity index (χ0) is 19.8. The van der Waals surface area contributed by atoms with Gasteiger partial charge in [0.2, 0.25) is 10.0 Å². The van der Waals surface area contributed by atoms with Gasteiger partial charge in [0, 0.05) is 31.9 Å². The molecule has 0 spiro atoms. The monoisotopic (exact) mass is 428 g/mol. The van der Waals surface area contributed by atoms with Crippen molar-refractivity contribution in [2.75, 3.05) is 38.2 Å². The molecule has 1 aliphatic rings. The van der Waals surface area contributed by atoms with Crippen molar-refractivity contribution in [2.45, 2.75) is 18.7 Å². The summed E-state index contributed by atoms with van der Waals surface area (Å²) < 4.78 is 33.1. The lowest BCUT2D eigenvalue weighted by Gasteiger charge is -2.35. The zero-order valence-corrected chi connectivity index (χ0v) is 17.8. The molecule has 1 heterocycles. The number of piperazine rings is 1. The van der Waals surface area contributed by atoms with Crippen LogP contribution in [0.2, 0.25) is 10.0 Å². The van der Waals surface area contributed by atoms with E-state index in [4.69, 9.17) is 27.9 Å². The number of rotatable bonds is 4. The van der Waals surface area contributed by atoms with Crippen molar-refractivity contribution in [3.05, 3.63) is 51.5 Å². The molecule has 0 aliphatic carbocycles. The van der Waals surface area contributed by atoms with Gasteiger partial charge in [0.25, 0.3) is 0 Å². The highest BCUT2D eigenvalue weighted by molar-refractivity contribution is 7.89. The van der Waals surface area contributed by atoms with Crippen molar-refractivity contribution < 1.29 is 13.2 Å². The second-order valence-electron chi connectivity index (χ2n) is 6.58. The molecule has 0 saturated carbocycles. The number of hydrogen-bond acceptors (Lipinski definition) is 4. The number of sulfonamides is 1. The van der Waals surface area contributed by atoms with Crippen LogP contribution in [-0.4, -0.2) is 46.0 Å². The molecule has 3 rings (SSSR count). The highest BCUT2D eigenvalue weighted by Crippen LogP contribution is 2.30. The third-order valence-corrected chi connectivity index (χ3v) is 7.60. The summed E-state index contributed by atoms with van der Waals surface area (Å²) in [4.78, 5) is 2.45. The van der Waals surface area contributed by atoms with Crippen LogP contribution < -0.4 is 9.64 Å². The molecule has 8 heteroatoms. The maximum atomic E-state index is 13.1. The second-order valence-corrected chi connectivity index (χ2v) is 9.30. The number of aryl methyl sites for hydroxylation is 2. The minimum atomic E-state index is -3.56. The fourth-order valence-electron chi connectivity index (χ4n) is 3.27. The van der Waals surface area contributed by atoms with E-state index in [-0.39, 0.29) is 0 Å². The van der Waals surface area contributed by atoms with Crippen LogP contribution in [-0.2, 0) is 10.0 Å². The molecule has 1 aliphatic heterocycles. The Morgan fingerprint density at radius 2 is 1.59 bits per heavy atom. The second kappa shape index (κ2) is 7.87. The lowest BCUT2D eigenvalue weighted by Crippen LogP contribution is -2.48. The normalized spacial score (nSPS) is 15.8. The van der Waals surface area contributed by atoms with E-state index >= 15 is 0 Å². The molecule has 27 heavy (non-hydrogen) atoms. The number of halogens is 2. The Hall–Kier alpha value is -1.47. The van der Waals surface area contributed by atoms with Gasteiger partial charge in [-0.1, -0.05) is 23.2 Å². The molecule has 1 fully saturated rings. The molecule has 0 unspecified atom stereocenters. The van der Waals surface area contributed by atoms with E-state index in [9.17, 15) is 8.42 Å². The fourth-order valence-corrected chi connectivity index (χ4v) is 5.27. The summed E-state index contributed by atoms with van der Waals surface area (Å²) in [5.41, 5.74) is 2.43. The van der Waals surface area contributed by atoms with Crippen LogP contribution >= 0.6 is 23.2 Å². The highest BCUT2D eigenvalue weighted by atomic mass is 35.5. The van der Waals surface area contributed by atoms with Crippen molar-refractivity contribution in [1.82, 2.24) is 4.31 Å². The third-order valence-electron chi connectivity index (χ3n) is 4.82. The van der Waals surface area contributed by atoms with E-state index in [1.165, 1.54) is 4.31 Å². The first-order valence-corrected chi connectivity index (χ1v) is 10.8. The van der Waals surface area contributed by atoms with Crippen LogP contribution in [0.4, 0.5) is 5.69 Å². The van der Waals surface area contributed by atoms with Crippen LogP contribution in [0.3, 0.4) is 0 Å². The number of ether oxygens (including phenoxy) is 1. The van der Waals surface area contributed by atoms with Crippen LogP contribution in [0.25, 0.3) is 0 Å². The molecule has 0 radical (unpaired) electrons. The topological polar surface area (TPSA) is 49.9 Å². The average molecular weight is 429 g/mol. The minimum absolute atomic E-state index is 0.337. The number of benzene rings is 2. The summed E-state index contributed by atoms with van der Waals surface area (Å²) in [6, 6.07) is 8.93. The first kappa shape index (κ1) is 20.3. The molecule has 2 aromatic rings. The first-order valence-electron chi connectivity index (χ1n) is 8.59. The van der Waals surface area contributed by atoms with Crippen LogP contribution in [0.1, 0.15) is 11.1 Å².